The number of rotatable bonds is 5. The van der Waals surface area contributed by atoms with Crippen LogP contribution in [0.5, 0.6) is 0 Å². The second-order valence-electron chi connectivity index (χ2n) is 7.33. The van der Waals surface area contributed by atoms with Crippen LogP contribution in [0.1, 0.15) is 0 Å². The number of hydrogen-bond donors (Lipinski definition) is 0. The molecule has 0 nitrogen and oxygen atoms in total. The van der Waals surface area contributed by atoms with Gasteiger partial charge in [-0.1, -0.05) is 0 Å². The van der Waals surface area contributed by atoms with E-state index in [1.54, 1.807) is 0 Å². The van der Waals surface area contributed by atoms with Crippen LogP contribution in [0, 0.1) is 0 Å². The third-order valence-corrected chi connectivity index (χ3v) is 14.6. The standard InChI is InChI=1S/C28H21PSe2/c30-29(23-14-4-1-5-15-23,24-16-6-2-7-17-24)26-20-10-12-22-13-11-21-27(28(22)26)31-25-18-8-3-9-19-25/h1-21H. The van der Waals surface area contributed by atoms with E-state index >= 15 is 0 Å². The van der Waals surface area contributed by atoms with Gasteiger partial charge in [-0.3, -0.25) is 0 Å². The Morgan fingerprint density at radius 2 is 1.03 bits per heavy atom. The van der Waals surface area contributed by atoms with E-state index in [4.69, 9.17) is 0 Å². The van der Waals surface area contributed by atoms with E-state index in [0.29, 0.717) is 0 Å². The Bertz CT molecular complexity index is 1320. The monoisotopic (exact) mass is 548 g/mol. The maximum absolute atomic E-state index is 3.74. The quantitative estimate of drug-likeness (QED) is 0.232. The Morgan fingerprint density at radius 1 is 0.516 bits per heavy atom. The van der Waals surface area contributed by atoms with Crippen molar-refractivity contribution >= 4 is 71.2 Å². The molecule has 5 rings (SSSR count). The van der Waals surface area contributed by atoms with Crippen LogP contribution < -0.4 is 24.8 Å². The van der Waals surface area contributed by atoms with Crippen molar-refractivity contribution in [1.82, 2.24) is 0 Å². The second-order valence-corrected chi connectivity index (χ2v) is 15.8. The zero-order valence-corrected chi connectivity index (χ0v) is 21.2. The molecule has 0 saturated carbocycles. The molecule has 0 aromatic heterocycles. The minimum atomic E-state index is -1.92. The van der Waals surface area contributed by atoms with Crippen LogP contribution >= 0.6 is 5.51 Å². The molecule has 0 bridgehead atoms. The van der Waals surface area contributed by atoms with Gasteiger partial charge >= 0.3 is 199 Å². The van der Waals surface area contributed by atoms with E-state index in [0.717, 1.165) is 0 Å². The van der Waals surface area contributed by atoms with Crippen molar-refractivity contribution in [2.75, 3.05) is 0 Å². The Balaban J connectivity index is 1.81. The van der Waals surface area contributed by atoms with Crippen LogP contribution in [0.3, 0.4) is 0 Å². The third-order valence-electron chi connectivity index (χ3n) is 5.39. The Kier molecular flexibility index (Phi) is 6.10. The number of benzene rings is 5. The fourth-order valence-electron chi connectivity index (χ4n) is 3.95. The molecule has 0 heterocycles. The Morgan fingerprint density at radius 3 is 1.61 bits per heavy atom. The van der Waals surface area contributed by atoms with E-state index in [2.05, 4.69) is 142 Å². The van der Waals surface area contributed by atoms with Crippen LogP contribution in [0.15, 0.2) is 127 Å². The summed E-state index contributed by atoms with van der Waals surface area (Å²) in [6, 6.07) is 46.4. The molecule has 0 atom stereocenters. The van der Waals surface area contributed by atoms with Crippen LogP contribution in [0.2, 0.25) is 0 Å². The molecule has 0 unspecified atom stereocenters. The van der Waals surface area contributed by atoms with Gasteiger partial charge in [-0.15, -0.1) is 0 Å². The molecule has 0 aliphatic rings. The zero-order chi connectivity index (χ0) is 21.1. The van der Waals surface area contributed by atoms with Gasteiger partial charge in [-0.05, 0) is 0 Å². The van der Waals surface area contributed by atoms with Crippen molar-refractivity contribution in [2.45, 2.75) is 0 Å². The molecule has 0 spiro atoms. The van der Waals surface area contributed by atoms with Crippen LogP contribution in [0.25, 0.3) is 10.8 Å². The van der Waals surface area contributed by atoms with E-state index in [1.807, 2.05) is 0 Å². The van der Waals surface area contributed by atoms with E-state index in [9.17, 15) is 0 Å². The fraction of sp³-hybridized carbons (Fsp3) is 0. The summed E-state index contributed by atoms with van der Waals surface area (Å²) in [5.41, 5.74) is -1.92. The van der Waals surface area contributed by atoms with Crippen LogP contribution in [-0.4, -0.2) is 30.1 Å². The summed E-state index contributed by atoms with van der Waals surface area (Å²) < 4.78 is 2.85. The molecule has 0 aliphatic carbocycles. The molecule has 0 radical (unpaired) electrons. The summed E-state index contributed by atoms with van der Waals surface area (Å²) in [7, 11) is 0. The molecule has 3 heteroatoms. The molecule has 150 valence electrons. The average molecular weight is 546 g/mol. The zero-order valence-electron chi connectivity index (χ0n) is 16.9. The predicted molar refractivity (Wildman–Crippen MR) is 140 cm³/mol. The van der Waals surface area contributed by atoms with Crippen molar-refractivity contribution < 1.29 is 0 Å². The second kappa shape index (κ2) is 9.13. The summed E-state index contributed by atoms with van der Waals surface area (Å²) >= 11 is 3.99. The summed E-state index contributed by atoms with van der Waals surface area (Å²) in [6.45, 7) is 0. The SMILES string of the molecule is [Se]=P(c1ccccc1)(c1ccccc1)c1cccc2cccc([Se]c3ccccc3)c12. The summed E-state index contributed by atoms with van der Waals surface area (Å²) in [4.78, 5) is 0. The first kappa shape index (κ1) is 20.7. The average Bonchev–Trinajstić information content (AvgIpc) is 2.85. The summed E-state index contributed by atoms with van der Waals surface area (Å²) in [5, 5.41) is 6.90. The van der Waals surface area contributed by atoms with Gasteiger partial charge in [-0.25, -0.2) is 0 Å². The minimum absolute atomic E-state index is 0.245. The van der Waals surface area contributed by atoms with Gasteiger partial charge in [0.05, 0.1) is 0 Å². The van der Waals surface area contributed by atoms with E-state index in [1.165, 1.54) is 35.6 Å². The first-order valence-corrected chi connectivity index (χ1v) is 15.9. The van der Waals surface area contributed by atoms with Crippen LogP contribution in [0.4, 0.5) is 0 Å². The molecule has 0 amide bonds. The van der Waals surface area contributed by atoms with Gasteiger partial charge in [-0.2, -0.15) is 0 Å². The molecule has 5 aromatic rings. The Labute approximate surface area is 197 Å². The van der Waals surface area contributed by atoms with Crippen molar-refractivity contribution in [2.24, 2.45) is 0 Å². The number of hydrogen-bond acceptors (Lipinski definition) is 0. The molecule has 0 aliphatic heterocycles. The normalized spacial score (nSPS) is 11.5. The molecular formula is C28H21PSe2. The van der Waals surface area contributed by atoms with Crippen molar-refractivity contribution in [1.29, 1.82) is 0 Å². The topological polar surface area (TPSA) is 0 Å². The van der Waals surface area contributed by atoms with E-state index < -0.39 is 5.51 Å². The molecule has 0 saturated heterocycles. The van der Waals surface area contributed by atoms with Gasteiger partial charge in [0.1, 0.15) is 0 Å². The third kappa shape index (κ3) is 4.04. The van der Waals surface area contributed by atoms with Crippen molar-refractivity contribution in [3.05, 3.63) is 127 Å². The maximum atomic E-state index is 3.74. The van der Waals surface area contributed by atoms with Crippen molar-refractivity contribution in [3.63, 3.8) is 0 Å². The van der Waals surface area contributed by atoms with Gasteiger partial charge < -0.3 is 0 Å². The molecular weight excluding hydrogens is 525 g/mol. The van der Waals surface area contributed by atoms with Gasteiger partial charge in [0, 0.05) is 0 Å². The van der Waals surface area contributed by atoms with E-state index in [-0.39, 0.29) is 15.0 Å². The molecule has 0 fully saturated rings. The molecule has 5 aromatic carbocycles. The first-order valence-electron chi connectivity index (χ1n) is 10.2. The molecule has 31 heavy (non-hydrogen) atoms. The van der Waals surface area contributed by atoms with Gasteiger partial charge in [0.25, 0.3) is 0 Å². The summed E-state index contributed by atoms with van der Waals surface area (Å²) in [5.74, 6) is 0. The molecule has 0 N–H and O–H groups in total. The number of fused-ring (bicyclic) bond motifs is 1. The van der Waals surface area contributed by atoms with Gasteiger partial charge in [0.2, 0.25) is 0 Å². The van der Waals surface area contributed by atoms with Gasteiger partial charge in [0.15, 0.2) is 0 Å². The Hall–Kier alpha value is -2.17. The predicted octanol–water partition coefficient (Wildman–Crippen LogP) is 3.87. The van der Waals surface area contributed by atoms with Crippen LogP contribution in [-0.2, 0) is 0 Å². The van der Waals surface area contributed by atoms with Crippen molar-refractivity contribution in [3.8, 4) is 0 Å². The fourth-order valence-corrected chi connectivity index (χ4v) is 11.7. The summed E-state index contributed by atoms with van der Waals surface area (Å²) in [6.07, 6.45) is 0. The first-order chi connectivity index (χ1) is 15.3.